The molecule has 1 aliphatic rings. The van der Waals surface area contributed by atoms with Crippen LogP contribution in [0.15, 0.2) is 60.9 Å². The molecule has 4 aromatic rings. The fraction of sp³-hybridized carbons (Fsp3) is 0.321. The first-order valence-corrected chi connectivity index (χ1v) is 12.6. The molecule has 1 aromatic carbocycles. The summed E-state index contributed by atoms with van der Waals surface area (Å²) < 4.78 is 0. The van der Waals surface area contributed by atoms with Gasteiger partial charge in [-0.3, -0.25) is 4.90 Å². The number of hydrogen-bond acceptors (Lipinski definition) is 9. The van der Waals surface area contributed by atoms with Gasteiger partial charge in [-0.1, -0.05) is 12.1 Å². The molecule has 0 radical (unpaired) electrons. The SMILES string of the molecule is Cc1cccc(-c2nccc(Nc3ccnc(Nc4ccc(C)c(CN5C[C@@H](C)N[C@@H](C)C5)c4)n3)n2)n1. The Balaban J connectivity index is 1.29. The van der Waals surface area contributed by atoms with Gasteiger partial charge >= 0.3 is 0 Å². The van der Waals surface area contributed by atoms with Crippen molar-refractivity contribution in [2.75, 3.05) is 23.7 Å². The molecule has 1 fully saturated rings. The van der Waals surface area contributed by atoms with E-state index in [4.69, 9.17) is 0 Å². The molecule has 0 bridgehead atoms. The number of anilines is 4. The van der Waals surface area contributed by atoms with Gasteiger partial charge in [-0.15, -0.1) is 0 Å². The Morgan fingerprint density at radius 1 is 0.865 bits per heavy atom. The number of benzene rings is 1. The maximum atomic E-state index is 4.64. The van der Waals surface area contributed by atoms with E-state index >= 15 is 0 Å². The normalized spacial score (nSPS) is 17.9. The number of hydrogen-bond donors (Lipinski definition) is 3. The molecule has 37 heavy (non-hydrogen) atoms. The van der Waals surface area contributed by atoms with Gasteiger partial charge in [0.05, 0.1) is 0 Å². The third kappa shape index (κ3) is 6.44. The lowest BCUT2D eigenvalue weighted by Gasteiger charge is -2.36. The van der Waals surface area contributed by atoms with Crippen LogP contribution in [0.25, 0.3) is 11.5 Å². The van der Waals surface area contributed by atoms with E-state index in [9.17, 15) is 0 Å². The zero-order valence-corrected chi connectivity index (χ0v) is 21.7. The van der Waals surface area contributed by atoms with Crippen LogP contribution in [-0.4, -0.2) is 55.0 Å². The highest BCUT2D eigenvalue weighted by Crippen LogP contribution is 2.22. The minimum Gasteiger partial charge on any atom is -0.325 e. The van der Waals surface area contributed by atoms with E-state index in [0.717, 1.165) is 36.7 Å². The quantitative estimate of drug-likeness (QED) is 0.339. The third-order valence-corrected chi connectivity index (χ3v) is 6.32. The topological polar surface area (TPSA) is 104 Å². The second-order valence-electron chi connectivity index (χ2n) is 9.75. The summed E-state index contributed by atoms with van der Waals surface area (Å²) in [6.45, 7) is 11.6. The van der Waals surface area contributed by atoms with Crippen molar-refractivity contribution >= 4 is 23.3 Å². The average molecular weight is 496 g/mol. The van der Waals surface area contributed by atoms with Crippen molar-refractivity contribution in [1.29, 1.82) is 0 Å². The van der Waals surface area contributed by atoms with Crippen LogP contribution in [-0.2, 0) is 6.54 Å². The maximum Gasteiger partial charge on any atom is 0.229 e. The fourth-order valence-corrected chi connectivity index (χ4v) is 4.70. The lowest BCUT2D eigenvalue weighted by Crippen LogP contribution is -2.53. The van der Waals surface area contributed by atoms with Crippen LogP contribution in [0.3, 0.4) is 0 Å². The molecular weight excluding hydrogens is 462 g/mol. The summed E-state index contributed by atoms with van der Waals surface area (Å²) in [5, 5.41) is 10.2. The van der Waals surface area contributed by atoms with Crippen LogP contribution in [0.2, 0.25) is 0 Å². The molecule has 0 aliphatic carbocycles. The van der Waals surface area contributed by atoms with Crippen molar-refractivity contribution in [2.45, 2.75) is 46.3 Å². The smallest absolute Gasteiger partial charge is 0.229 e. The minimum absolute atomic E-state index is 0.494. The lowest BCUT2D eigenvalue weighted by molar-refractivity contribution is 0.166. The second-order valence-corrected chi connectivity index (χ2v) is 9.75. The number of piperazine rings is 1. The molecule has 2 atom stereocenters. The highest BCUT2D eigenvalue weighted by Gasteiger charge is 2.21. The van der Waals surface area contributed by atoms with Gasteiger partial charge in [0.1, 0.15) is 17.3 Å². The first-order valence-electron chi connectivity index (χ1n) is 12.6. The first kappa shape index (κ1) is 24.7. The molecule has 5 rings (SSSR count). The van der Waals surface area contributed by atoms with Gasteiger partial charge in [0.2, 0.25) is 5.95 Å². The fourth-order valence-electron chi connectivity index (χ4n) is 4.70. The lowest BCUT2D eigenvalue weighted by atomic mass is 10.1. The molecule has 4 heterocycles. The maximum absolute atomic E-state index is 4.64. The van der Waals surface area contributed by atoms with E-state index in [1.54, 1.807) is 18.5 Å². The molecule has 190 valence electrons. The van der Waals surface area contributed by atoms with Gasteiger partial charge in [-0.25, -0.2) is 19.9 Å². The molecule has 0 unspecified atom stereocenters. The van der Waals surface area contributed by atoms with Gasteiger partial charge in [-0.2, -0.15) is 4.98 Å². The van der Waals surface area contributed by atoms with Gasteiger partial charge in [0.25, 0.3) is 0 Å². The van der Waals surface area contributed by atoms with Crippen LogP contribution >= 0.6 is 0 Å². The van der Waals surface area contributed by atoms with E-state index in [1.807, 2.05) is 31.2 Å². The Morgan fingerprint density at radius 2 is 1.62 bits per heavy atom. The molecule has 9 nitrogen and oxygen atoms in total. The van der Waals surface area contributed by atoms with Crippen LogP contribution < -0.4 is 16.0 Å². The summed E-state index contributed by atoms with van der Waals surface area (Å²) in [4.78, 5) is 25.1. The average Bonchev–Trinajstić information content (AvgIpc) is 2.86. The van der Waals surface area contributed by atoms with Crippen LogP contribution in [0, 0.1) is 13.8 Å². The van der Waals surface area contributed by atoms with E-state index in [-0.39, 0.29) is 0 Å². The van der Waals surface area contributed by atoms with Crippen molar-refractivity contribution in [3.05, 3.63) is 77.7 Å². The zero-order chi connectivity index (χ0) is 25.8. The van der Waals surface area contributed by atoms with E-state index in [2.05, 4.69) is 84.7 Å². The Morgan fingerprint density at radius 3 is 2.41 bits per heavy atom. The number of pyridine rings is 1. The van der Waals surface area contributed by atoms with Crippen molar-refractivity contribution in [1.82, 2.24) is 35.1 Å². The molecule has 0 amide bonds. The number of aryl methyl sites for hydroxylation is 2. The molecule has 9 heteroatoms. The Labute approximate surface area is 217 Å². The van der Waals surface area contributed by atoms with E-state index in [1.165, 1.54) is 11.1 Å². The van der Waals surface area contributed by atoms with Crippen molar-refractivity contribution in [3.63, 3.8) is 0 Å². The van der Waals surface area contributed by atoms with Crippen LogP contribution in [0.1, 0.15) is 30.7 Å². The Kier molecular flexibility index (Phi) is 7.34. The molecule has 0 saturated carbocycles. The van der Waals surface area contributed by atoms with Gasteiger partial charge in [0.15, 0.2) is 5.82 Å². The summed E-state index contributed by atoms with van der Waals surface area (Å²) in [5.41, 5.74) is 5.20. The van der Waals surface area contributed by atoms with Gasteiger partial charge < -0.3 is 16.0 Å². The predicted octanol–water partition coefficient (Wildman–Crippen LogP) is 4.61. The first-order chi connectivity index (χ1) is 17.9. The van der Waals surface area contributed by atoms with Gasteiger partial charge in [0, 0.05) is 55.5 Å². The van der Waals surface area contributed by atoms with E-state index in [0.29, 0.717) is 35.5 Å². The Hall–Kier alpha value is -3.95. The summed E-state index contributed by atoms with van der Waals surface area (Å²) in [6, 6.07) is 16.8. The number of rotatable bonds is 7. The van der Waals surface area contributed by atoms with Crippen LogP contribution in [0.5, 0.6) is 0 Å². The van der Waals surface area contributed by atoms with Crippen molar-refractivity contribution in [3.8, 4) is 11.5 Å². The molecular formula is C28H33N9. The zero-order valence-electron chi connectivity index (χ0n) is 21.7. The summed E-state index contributed by atoms with van der Waals surface area (Å²) in [6.07, 6.45) is 3.43. The monoisotopic (exact) mass is 495 g/mol. The third-order valence-electron chi connectivity index (χ3n) is 6.32. The predicted molar refractivity (Wildman–Crippen MR) is 147 cm³/mol. The highest BCUT2D eigenvalue weighted by molar-refractivity contribution is 5.60. The number of aromatic nitrogens is 5. The standard InChI is InChI=1S/C28H33N9/c1-18-8-9-23(14-22(18)17-37-15-20(3)31-21(4)16-37)33-28-30-13-11-26(36-28)34-25-10-12-29-27(35-25)24-7-5-6-19(2)32-24/h5-14,20-21,31H,15-17H2,1-4H3,(H2,29,30,33,34,35,36)/t20-,21+. The number of nitrogens with one attached hydrogen (secondary N) is 3. The Bertz CT molecular complexity index is 1360. The van der Waals surface area contributed by atoms with Gasteiger partial charge in [-0.05, 0) is 75.2 Å². The minimum atomic E-state index is 0.494. The highest BCUT2D eigenvalue weighted by atomic mass is 15.2. The molecule has 1 saturated heterocycles. The summed E-state index contributed by atoms with van der Waals surface area (Å²) in [7, 11) is 0. The summed E-state index contributed by atoms with van der Waals surface area (Å²) in [5.74, 6) is 2.34. The van der Waals surface area contributed by atoms with Crippen molar-refractivity contribution in [2.24, 2.45) is 0 Å². The van der Waals surface area contributed by atoms with E-state index < -0.39 is 0 Å². The molecule has 1 aliphatic heterocycles. The summed E-state index contributed by atoms with van der Waals surface area (Å²) >= 11 is 0. The largest absolute Gasteiger partial charge is 0.325 e. The molecule has 0 spiro atoms. The van der Waals surface area contributed by atoms with Crippen molar-refractivity contribution < 1.29 is 0 Å². The van der Waals surface area contributed by atoms with Crippen LogP contribution in [0.4, 0.5) is 23.3 Å². The second kappa shape index (κ2) is 11.0. The molecule has 3 aromatic heterocycles. The molecule has 3 N–H and O–H groups in total. The number of nitrogens with zero attached hydrogens (tertiary/aromatic N) is 6.